The lowest BCUT2D eigenvalue weighted by molar-refractivity contribution is 0.356. The molecule has 21 heavy (non-hydrogen) atoms. The third kappa shape index (κ3) is 2.28. The van der Waals surface area contributed by atoms with Crippen molar-refractivity contribution in [2.75, 3.05) is 14.2 Å². The van der Waals surface area contributed by atoms with E-state index in [9.17, 15) is 0 Å². The summed E-state index contributed by atoms with van der Waals surface area (Å²) in [7, 11) is 3.19. The topological polar surface area (TPSA) is 70.9 Å². The number of aromatic nitrogens is 2. The Bertz CT molecular complexity index is 788. The first-order chi connectivity index (χ1) is 10.2. The van der Waals surface area contributed by atoms with E-state index < -0.39 is 0 Å². The molecule has 0 radical (unpaired) electrons. The van der Waals surface area contributed by atoms with Gasteiger partial charge in [-0.1, -0.05) is 0 Å². The minimum absolute atomic E-state index is 0.623. The van der Waals surface area contributed by atoms with Crippen LogP contribution in [0.1, 0.15) is 5.56 Å². The van der Waals surface area contributed by atoms with Crippen LogP contribution in [0, 0.1) is 11.3 Å². The van der Waals surface area contributed by atoms with Crippen molar-refractivity contribution < 1.29 is 9.47 Å². The number of benzene rings is 2. The number of methoxy groups -OCH3 is 2. The van der Waals surface area contributed by atoms with E-state index in [4.69, 9.17) is 14.7 Å². The van der Waals surface area contributed by atoms with Gasteiger partial charge in [0.15, 0.2) is 11.5 Å². The van der Waals surface area contributed by atoms with Gasteiger partial charge in [-0.3, -0.25) is 0 Å². The predicted molar refractivity (Wildman–Crippen MR) is 79.3 cm³/mol. The molecule has 0 spiro atoms. The third-order valence-corrected chi connectivity index (χ3v) is 3.27. The van der Waals surface area contributed by atoms with Crippen molar-refractivity contribution in [2.45, 2.75) is 0 Å². The Labute approximate surface area is 121 Å². The smallest absolute Gasteiger partial charge is 0.163 e. The summed E-state index contributed by atoms with van der Waals surface area (Å²) in [6.07, 6.45) is 0. The van der Waals surface area contributed by atoms with Crippen LogP contribution in [0.5, 0.6) is 11.5 Å². The molecule has 1 aromatic heterocycles. The lowest BCUT2D eigenvalue weighted by Gasteiger charge is -2.06. The Morgan fingerprint density at radius 3 is 2.33 bits per heavy atom. The van der Waals surface area contributed by atoms with E-state index in [-0.39, 0.29) is 0 Å². The van der Waals surface area contributed by atoms with Gasteiger partial charge in [-0.05, 0) is 24.3 Å². The summed E-state index contributed by atoms with van der Waals surface area (Å²) < 4.78 is 10.6. The fourth-order valence-corrected chi connectivity index (χ4v) is 2.18. The summed E-state index contributed by atoms with van der Waals surface area (Å²) >= 11 is 0. The highest BCUT2D eigenvalue weighted by Crippen LogP contribution is 2.32. The number of H-pyrrole nitrogens is 1. The lowest BCUT2D eigenvalue weighted by Crippen LogP contribution is -1.89. The van der Waals surface area contributed by atoms with E-state index in [1.165, 1.54) is 0 Å². The van der Waals surface area contributed by atoms with Gasteiger partial charge in [0.25, 0.3) is 0 Å². The van der Waals surface area contributed by atoms with Gasteiger partial charge in [0, 0.05) is 17.7 Å². The summed E-state index contributed by atoms with van der Waals surface area (Å²) in [6, 6.07) is 13.1. The molecule has 2 aromatic carbocycles. The molecule has 0 aliphatic heterocycles. The molecule has 1 N–H and O–H groups in total. The molecule has 104 valence electrons. The fourth-order valence-electron chi connectivity index (χ4n) is 2.18. The molecule has 0 amide bonds. The first-order valence-corrected chi connectivity index (χ1v) is 6.37. The van der Waals surface area contributed by atoms with Crippen LogP contribution in [-0.2, 0) is 0 Å². The molecule has 0 bridgehead atoms. The van der Waals surface area contributed by atoms with Gasteiger partial charge < -0.3 is 14.5 Å². The molecule has 0 aliphatic rings. The van der Waals surface area contributed by atoms with E-state index in [0.717, 1.165) is 22.4 Å². The molecule has 0 saturated carbocycles. The normalized spacial score (nSPS) is 10.3. The minimum Gasteiger partial charge on any atom is -0.493 e. The number of nitriles is 1. The van der Waals surface area contributed by atoms with Crippen LogP contribution < -0.4 is 9.47 Å². The average molecular weight is 279 g/mol. The highest BCUT2D eigenvalue weighted by molar-refractivity contribution is 5.83. The number of aromatic amines is 1. The van der Waals surface area contributed by atoms with Gasteiger partial charge in [0.2, 0.25) is 0 Å². The molecular weight excluding hydrogens is 266 g/mol. The standard InChI is InChI=1S/C16H13N3O2/c1-20-14-7-12-13(8-15(14)21-2)19-16(18-12)11-5-3-10(9-17)4-6-11/h3-8H,1-2H3,(H,18,19). The highest BCUT2D eigenvalue weighted by atomic mass is 16.5. The Kier molecular flexibility index (Phi) is 3.20. The molecule has 0 unspecified atom stereocenters. The van der Waals surface area contributed by atoms with E-state index in [2.05, 4.69) is 16.0 Å². The molecule has 0 saturated heterocycles. The van der Waals surface area contributed by atoms with Gasteiger partial charge in [0.05, 0.1) is 36.9 Å². The molecule has 0 aliphatic carbocycles. The van der Waals surface area contributed by atoms with Gasteiger partial charge in [0.1, 0.15) is 5.82 Å². The molecule has 0 atom stereocenters. The molecular formula is C16H13N3O2. The zero-order valence-corrected chi connectivity index (χ0v) is 11.7. The van der Waals surface area contributed by atoms with Crippen molar-refractivity contribution in [3.8, 4) is 29.0 Å². The molecule has 3 aromatic rings. The average Bonchev–Trinajstić information content (AvgIpc) is 2.96. The lowest BCUT2D eigenvalue weighted by atomic mass is 10.1. The zero-order valence-electron chi connectivity index (χ0n) is 11.7. The molecule has 5 heteroatoms. The zero-order chi connectivity index (χ0) is 14.8. The van der Waals surface area contributed by atoms with E-state index >= 15 is 0 Å². The molecule has 3 rings (SSSR count). The summed E-state index contributed by atoms with van der Waals surface area (Å²) in [4.78, 5) is 7.79. The fraction of sp³-hybridized carbons (Fsp3) is 0.125. The number of nitrogens with one attached hydrogen (secondary N) is 1. The maximum absolute atomic E-state index is 8.83. The number of imidazole rings is 1. The maximum Gasteiger partial charge on any atom is 0.163 e. The van der Waals surface area contributed by atoms with Crippen LogP contribution >= 0.6 is 0 Å². The second-order valence-corrected chi connectivity index (χ2v) is 4.50. The van der Waals surface area contributed by atoms with Crippen molar-refractivity contribution >= 4 is 11.0 Å². The number of rotatable bonds is 3. The van der Waals surface area contributed by atoms with Gasteiger partial charge in [-0.2, -0.15) is 5.26 Å². The Morgan fingerprint density at radius 2 is 1.71 bits per heavy atom. The van der Waals surface area contributed by atoms with E-state index in [1.807, 2.05) is 24.3 Å². The number of hydrogen-bond acceptors (Lipinski definition) is 4. The first kappa shape index (κ1) is 13.0. The Balaban J connectivity index is 2.09. The first-order valence-electron chi connectivity index (χ1n) is 6.37. The van der Waals surface area contributed by atoms with Gasteiger partial charge in [-0.15, -0.1) is 0 Å². The summed E-state index contributed by atoms with van der Waals surface area (Å²) in [5.74, 6) is 2.03. The van der Waals surface area contributed by atoms with Crippen LogP contribution in [0.15, 0.2) is 36.4 Å². The van der Waals surface area contributed by atoms with Crippen LogP contribution in [-0.4, -0.2) is 24.2 Å². The molecule has 0 fully saturated rings. The monoisotopic (exact) mass is 279 g/mol. The van der Waals surface area contributed by atoms with Crippen molar-refractivity contribution in [2.24, 2.45) is 0 Å². The highest BCUT2D eigenvalue weighted by Gasteiger charge is 2.11. The second kappa shape index (κ2) is 5.17. The van der Waals surface area contributed by atoms with Crippen LogP contribution in [0.25, 0.3) is 22.4 Å². The van der Waals surface area contributed by atoms with Gasteiger partial charge in [-0.25, -0.2) is 4.98 Å². The maximum atomic E-state index is 8.83. The van der Waals surface area contributed by atoms with Crippen molar-refractivity contribution in [3.05, 3.63) is 42.0 Å². The van der Waals surface area contributed by atoms with Crippen molar-refractivity contribution in [1.82, 2.24) is 9.97 Å². The summed E-state index contributed by atoms with van der Waals surface area (Å²) in [5.41, 5.74) is 3.21. The SMILES string of the molecule is COc1cc2nc(-c3ccc(C#N)cc3)[nH]c2cc1OC. The van der Waals surface area contributed by atoms with Crippen molar-refractivity contribution in [3.63, 3.8) is 0 Å². The Hall–Kier alpha value is -3.00. The predicted octanol–water partition coefficient (Wildman–Crippen LogP) is 3.12. The summed E-state index contributed by atoms with van der Waals surface area (Å²) in [6.45, 7) is 0. The number of nitrogens with zero attached hydrogens (tertiary/aromatic N) is 2. The minimum atomic E-state index is 0.623. The van der Waals surface area contributed by atoms with Gasteiger partial charge >= 0.3 is 0 Å². The summed E-state index contributed by atoms with van der Waals surface area (Å²) in [5, 5.41) is 8.83. The van der Waals surface area contributed by atoms with E-state index in [0.29, 0.717) is 17.1 Å². The number of fused-ring (bicyclic) bond motifs is 1. The second-order valence-electron chi connectivity index (χ2n) is 4.50. The van der Waals surface area contributed by atoms with Crippen molar-refractivity contribution in [1.29, 1.82) is 5.26 Å². The molecule has 1 heterocycles. The van der Waals surface area contributed by atoms with Crippen LogP contribution in [0.4, 0.5) is 0 Å². The number of hydrogen-bond donors (Lipinski definition) is 1. The van der Waals surface area contributed by atoms with Crippen LogP contribution in [0.2, 0.25) is 0 Å². The molecule has 5 nitrogen and oxygen atoms in total. The number of ether oxygens (including phenoxy) is 2. The Morgan fingerprint density at radius 1 is 1.05 bits per heavy atom. The van der Waals surface area contributed by atoms with Crippen LogP contribution in [0.3, 0.4) is 0 Å². The quantitative estimate of drug-likeness (QED) is 0.799. The largest absolute Gasteiger partial charge is 0.493 e. The van der Waals surface area contributed by atoms with E-state index in [1.54, 1.807) is 26.4 Å². The third-order valence-electron chi connectivity index (χ3n) is 3.27.